The predicted molar refractivity (Wildman–Crippen MR) is 128 cm³/mol. The van der Waals surface area contributed by atoms with Crippen molar-refractivity contribution in [2.75, 3.05) is 4.90 Å². The largest absolute Gasteiger partial charge is 0.345 e. The summed E-state index contributed by atoms with van der Waals surface area (Å²) in [6, 6.07) is 15.6. The maximum atomic E-state index is 14.0. The van der Waals surface area contributed by atoms with Crippen molar-refractivity contribution >= 4 is 28.8 Å². The highest BCUT2D eigenvalue weighted by molar-refractivity contribution is 6.30. The predicted octanol–water partition coefficient (Wildman–Crippen LogP) is 5.00. The van der Waals surface area contributed by atoms with Gasteiger partial charge in [0, 0.05) is 16.9 Å². The Morgan fingerprint density at radius 1 is 1.12 bits per heavy atom. The van der Waals surface area contributed by atoms with Crippen LogP contribution in [0.3, 0.4) is 0 Å². The number of H-pyrrole nitrogens is 1. The molecule has 0 aliphatic carbocycles. The third kappa shape index (κ3) is 4.53. The molecule has 9 heteroatoms. The zero-order valence-electron chi connectivity index (χ0n) is 18.2. The van der Waals surface area contributed by atoms with Crippen molar-refractivity contribution in [3.63, 3.8) is 0 Å². The van der Waals surface area contributed by atoms with Crippen molar-refractivity contribution in [1.29, 1.82) is 0 Å². The number of imidazole rings is 1. The van der Waals surface area contributed by atoms with Crippen molar-refractivity contribution < 1.29 is 9.18 Å². The molecule has 0 bridgehead atoms. The summed E-state index contributed by atoms with van der Waals surface area (Å²) in [7, 11) is 0. The summed E-state index contributed by atoms with van der Waals surface area (Å²) in [4.78, 5) is 22.2. The summed E-state index contributed by atoms with van der Waals surface area (Å²) in [5.41, 5.74) is 4.74. The summed E-state index contributed by atoms with van der Waals surface area (Å²) >= 11 is 6.06. The molecule has 1 amide bonds. The monoisotopic (exact) mass is 474 g/mol. The second kappa shape index (κ2) is 9.07. The summed E-state index contributed by atoms with van der Waals surface area (Å²) in [6.07, 6.45) is 5.26. The molecule has 0 atom stereocenters. The number of carbonyl (C=O) groups is 1. The van der Waals surface area contributed by atoms with E-state index in [0.717, 1.165) is 16.8 Å². The highest BCUT2D eigenvalue weighted by atomic mass is 35.5. The van der Waals surface area contributed by atoms with Gasteiger partial charge in [-0.05, 0) is 60.0 Å². The van der Waals surface area contributed by atoms with E-state index < -0.39 is 5.82 Å². The SMILES string of the molecule is Cc1ccc2nnc(CC(=O)N(Cc3cc(F)cc(Cl)c3)c3ccc(-c4cnc[nH]4)cc3)n2c1. The third-order valence-electron chi connectivity index (χ3n) is 5.48. The second-order valence-electron chi connectivity index (χ2n) is 8.00. The summed E-state index contributed by atoms with van der Waals surface area (Å²) in [5.74, 6) is -0.131. The lowest BCUT2D eigenvalue weighted by atomic mass is 10.1. The van der Waals surface area contributed by atoms with Crippen molar-refractivity contribution in [3.8, 4) is 11.3 Å². The maximum Gasteiger partial charge on any atom is 0.234 e. The van der Waals surface area contributed by atoms with Gasteiger partial charge in [0.05, 0.1) is 31.2 Å². The van der Waals surface area contributed by atoms with E-state index in [-0.39, 0.29) is 23.9 Å². The van der Waals surface area contributed by atoms with Gasteiger partial charge >= 0.3 is 0 Å². The van der Waals surface area contributed by atoms with Gasteiger partial charge in [-0.15, -0.1) is 10.2 Å². The molecular formula is C25H20ClFN6O. The number of pyridine rings is 1. The van der Waals surface area contributed by atoms with Gasteiger partial charge in [0.25, 0.3) is 0 Å². The number of amides is 1. The van der Waals surface area contributed by atoms with Gasteiger partial charge in [-0.2, -0.15) is 0 Å². The lowest BCUT2D eigenvalue weighted by Gasteiger charge is -2.23. The first-order chi connectivity index (χ1) is 16.5. The van der Waals surface area contributed by atoms with E-state index in [4.69, 9.17) is 11.6 Å². The Morgan fingerprint density at radius 2 is 1.94 bits per heavy atom. The summed E-state index contributed by atoms with van der Waals surface area (Å²) in [5, 5.41) is 8.64. The van der Waals surface area contributed by atoms with Crippen LogP contribution in [0.15, 0.2) is 73.3 Å². The standard InChI is InChI=1S/C25H20ClFN6O/c1-16-2-7-23-30-31-24(33(23)13-16)11-25(34)32(14-17-8-19(26)10-20(27)9-17)21-5-3-18(4-6-21)22-12-28-15-29-22/h2-10,12-13,15H,11,14H2,1H3,(H,28,29). The number of aromatic amines is 1. The number of hydrogen-bond acceptors (Lipinski definition) is 4. The molecule has 0 aliphatic heterocycles. The first-order valence-electron chi connectivity index (χ1n) is 10.6. The van der Waals surface area contributed by atoms with Crippen LogP contribution in [0.2, 0.25) is 5.02 Å². The molecule has 0 aliphatic rings. The van der Waals surface area contributed by atoms with E-state index in [2.05, 4.69) is 20.2 Å². The molecule has 2 aromatic carbocycles. The number of fused-ring (bicyclic) bond motifs is 1. The Balaban J connectivity index is 1.48. The fourth-order valence-corrected chi connectivity index (χ4v) is 4.08. The Hall–Kier alpha value is -4.04. The number of nitrogens with one attached hydrogen (secondary N) is 1. The second-order valence-corrected chi connectivity index (χ2v) is 8.43. The number of aryl methyl sites for hydroxylation is 1. The molecule has 1 N–H and O–H groups in total. The minimum absolute atomic E-state index is 0.0238. The zero-order valence-corrected chi connectivity index (χ0v) is 19.0. The van der Waals surface area contributed by atoms with Crippen LogP contribution in [0.4, 0.5) is 10.1 Å². The number of hydrogen-bond donors (Lipinski definition) is 1. The lowest BCUT2D eigenvalue weighted by molar-refractivity contribution is -0.118. The number of halogens is 2. The van der Waals surface area contributed by atoms with Gasteiger partial charge < -0.3 is 9.88 Å². The van der Waals surface area contributed by atoms with E-state index in [1.165, 1.54) is 12.1 Å². The highest BCUT2D eigenvalue weighted by Crippen LogP contribution is 2.25. The summed E-state index contributed by atoms with van der Waals surface area (Å²) < 4.78 is 15.8. The van der Waals surface area contributed by atoms with Crippen LogP contribution < -0.4 is 4.90 Å². The van der Waals surface area contributed by atoms with Crippen LogP contribution >= 0.6 is 11.6 Å². The van der Waals surface area contributed by atoms with Crippen LogP contribution in [0.5, 0.6) is 0 Å². The number of benzene rings is 2. The maximum absolute atomic E-state index is 14.0. The smallest absolute Gasteiger partial charge is 0.234 e. The molecule has 5 rings (SSSR count). The molecule has 0 unspecified atom stereocenters. The molecule has 34 heavy (non-hydrogen) atoms. The Labute approximate surface area is 199 Å². The first-order valence-corrected chi connectivity index (χ1v) is 11.0. The number of aromatic nitrogens is 5. The van der Waals surface area contributed by atoms with Crippen LogP contribution in [0.1, 0.15) is 17.0 Å². The van der Waals surface area contributed by atoms with Crippen molar-refractivity contribution in [2.45, 2.75) is 19.9 Å². The van der Waals surface area contributed by atoms with Crippen molar-refractivity contribution in [1.82, 2.24) is 24.6 Å². The van der Waals surface area contributed by atoms with Gasteiger partial charge in [0.15, 0.2) is 5.65 Å². The highest BCUT2D eigenvalue weighted by Gasteiger charge is 2.20. The zero-order chi connectivity index (χ0) is 23.7. The van der Waals surface area contributed by atoms with Gasteiger partial charge in [0.2, 0.25) is 5.91 Å². The Kier molecular flexibility index (Phi) is 5.81. The van der Waals surface area contributed by atoms with Gasteiger partial charge in [-0.25, -0.2) is 9.37 Å². The van der Waals surface area contributed by atoms with Gasteiger partial charge in [0.1, 0.15) is 11.6 Å². The Morgan fingerprint density at radius 3 is 2.68 bits per heavy atom. The van der Waals surface area contributed by atoms with E-state index in [1.54, 1.807) is 23.5 Å². The van der Waals surface area contributed by atoms with E-state index in [1.807, 2.05) is 53.9 Å². The lowest BCUT2D eigenvalue weighted by Crippen LogP contribution is -2.32. The molecule has 0 spiro atoms. The molecule has 5 aromatic rings. The number of anilines is 1. The number of rotatable bonds is 6. The molecule has 3 heterocycles. The average Bonchev–Trinajstić information content (AvgIpc) is 3.48. The van der Waals surface area contributed by atoms with Crippen molar-refractivity contribution in [2.24, 2.45) is 0 Å². The minimum Gasteiger partial charge on any atom is -0.345 e. The first kappa shape index (κ1) is 21.8. The quantitative estimate of drug-likeness (QED) is 0.376. The van der Waals surface area contributed by atoms with Gasteiger partial charge in [-0.3, -0.25) is 9.20 Å². The molecule has 0 radical (unpaired) electrons. The molecular weight excluding hydrogens is 455 g/mol. The van der Waals surface area contributed by atoms with Crippen molar-refractivity contribution in [3.05, 3.63) is 101 Å². The van der Waals surface area contributed by atoms with E-state index in [0.29, 0.717) is 22.7 Å². The van der Waals surface area contributed by atoms with Crippen LogP contribution in [0, 0.1) is 12.7 Å². The molecule has 7 nitrogen and oxygen atoms in total. The van der Waals surface area contributed by atoms with E-state index in [9.17, 15) is 9.18 Å². The third-order valence-corrected chi connectivity index (χ3v) is 5.70. The molecule has 0 saturated carbocycles. The van der Waals surface area contributed by atoms with Crippen LogP contribution in [-0.4, -0.2) is 30.5 Å². The topological polar surface area (TPSA) is 79.2 Å². The number of carbonyl (C=O) groups excluding carboxylic acids is 1. The normalized spacial score (nSPS) is 11.1. The molecule has 170 valence electrons. The molecule has 3 aromatic heterocycles. The molecule has 0 saturated heterocycles. The summed E-state index contributed by atoms with van der Waals surface area (Å²) in [6.45, 7) is 2.11. The Bertz CT molecular complexity index is 1440. The molecule has 0 fully saturated rings. The van der Waals surface area contributed by atoms with Gasteiger partial charge in [-0.1, -0.05) is 29.8 Å². The van der Waals surface area contributed by atoms with E-state index >= 15 is 0 Å². The minimum atomic E-state index is -0.455. The van der Waals surface area contributed by atoms with Crippen LogP contribution in [0.25, 0.3) is 16.9 Å². The van der Waals surface area contributed by atoms with Crippen LogP contribution in [-0.2, 0) is 17.8 Å². The fourth-order valence-electron chi connectivity index (χ4n) is 3.84. The fraction of sp³-hybridized carbons (Fsp3) is 0.120. The average molecular weight is 475 g/mol. The number of nitrogens with zero attached hydrogens (tertiary/aromatic N) is 5.